The molecule has 0 aliphatic heterocycles. The lowest BCUT2D eigenvalue weighted by molar-refractivity contribution is -0.124. The van der Waals surface area contributed by atoms with Crippen LogP contribution in [0.2, 0.25) is 5.02 Å². The molecule has 2 amide bonds. The largest absolute Gasteiger partial charge is 0.490 e. The molecule has 0 aliphatic carbocycles. The summed E-state index contributed by atoms with van der Waals surface area (Å²) >= 11 is 13.0. The molecule has 188 valence electrons. The Kier molecular flexibility index (Phi) is 10.8. The number of para-hydroxylation sites is 1. The van der Waals surface area contributed by atoms with Gasteiger partial charge in [0.05, 0.1) is 28.0 Å². The van der Waals surface area contributed by atoms with Gasteiger partial charge >= 0.3 is 0 Å². The van der Waals surface area contributed by atoms with Crippen LogP contribution in [0.1, 0.15) is 30.9 Å². The monoisotopic (exact) mass is 635 g/mol. The number of carbonyl (C=O) groups excluding carboxylic acids is 2. The Bertz CT molecular complexity index is 1240. The molecule has 0 saturated carbocycles. The smallest absolute Gasteiger partial charge is 0.240 e. The first-order valence-electron chi connectivity index (χ1n) is 11.1. The molecule has 0 unspecified atom stereocenters. The molecule has 36 heavy (non-hydrogen) atoms. The second-order valence-electron chi connectivity index (χ2n) is 7.50. The molecule has 0 bridgehead atoms. The van der Waals surface area contributed by atoms with Gasteiger partial charge < -0.3 is 14.8 Å². The zero-order valence-corrected chi connectivity index (χ0v) is 23.3. The molecule has 0 radical (unpaired) electrons. The van der Waals surface area contributed by atoms with Crippen LogP contribution in [-0.2, 0) is 16.2 Å². The van der Waals surface area contributed by atoms with Crippen molar-refractivity contribution in [1.82, 2.24) is 5.43 Å². The molecule has 0 fully saturated rings. The lowest BCUT2D eigenvalue weighted by Crippen LogP contribution is -2.20. The molecular weight excluding hydrogens is 614 g/mol. The van der Waals surface area contributed by atoms with E-state index in [1.165, 1.54) is 6.21 Å². The van der Waals surface area contributed by atoms with Crippen molar-refractivity contribution in [2.24, 2.45) is 5.10 Å². The van der Waals surface area contributed by atoms with E-state index in [0.717, 1.165) is 10.0 Å². The number of ether oxygens (including phenoxy) is 2. The summed E-state index contributed by atoms with van der Waals surface area (Å²) in [5.41, 5.74) is 4.64. The lowest BCUT2D eigenvalue weighted by atomic mass is 10.2. The third kappa shape index (κ3) is 8.65. The van der Waals surface area contributed by atoms with Crippen LogP contribution in [0.4, 0.5) is 5.69 Å². The summed E-state index contributed by atoms with van der Waals surface area (Å²) in [6.07, 6.45) is 1.47. The SMILES string of the molecule is CCOc1cc(C=NNC(=O)CCC(=O)Nc2ccccc2Cl)cc(Br)c1OCc1ccc(Br)cc1. The van der Waals surface area contributed by atoms with Crippen molar-refractivity contribution in [3.8, 4) is 11.5 Å². The van der Waals surface area contributed by atoms with Gasteiger partial charge in [-0.2, -0.15) is 5.10 Å². The number of anilines is 1. The highest BCUT2D eigenvalue weighted by atomic mass is 79.9. The van der Waals surface area contributed by atoms with Gasteiger partial charge in [0, 0.05) is 17.3 Å². The molecule has 0 aliphatic rings. The van der Waals surface area contributed by atoms with Crippen LogP contribution in [0.25, 0.3) is 0 Å². The molecular formula is C26H24Br2ClN3O4. The third-order valence-corrected chi connectivity index (χ3v) is 6.21. The zero-order valence-electron chi connectivity index (χ0n) is 19.4. The van der Waals surface area contributed by atoms with E-state index in [1.807, 2.05) is 37.3 Å². The maximum Gasteiger partial charge on any atom is 0.240 e. The minimum Gasteiger partial charge on any atom is -0.490 e. The average molecular weight is 638 g/mol. The van der Waals surface area contributed by atoms with Crippen molar-refractivity contribution < 1.29 is 19.1 Å². The Hall–Kier alpha value is -2.88. The number of halogens is 3. The first kappa shape index (κ1) is 27.7. The number of nitrogens with zero attached hydrogens (tertiary/aromatic N) is 1. The van der Waals surface area contributed by atoms with Gasteiger partial charge in [0.15, 0.2) is 11.5 Å². The van der Waals surface area contributed by atoms with Crippen LogP contribution >= 0.6 is 43.5 Å². The van der Waals surface area contributed by atoms with E-state index in [4.69, 9.17) is 21.1 Å². The number of hydrogen-bond acceptors (Lipinski definition) is 5. The van der Waals surface area contributed by atoms with Gasteiger partial charge in [0.2, 0.25) is 11.8 Å². The van der Waals surface area contributed by atoms with Crippen molar-refractivity contribution in [2.75, 3.05) is 11.9 Å². The van der Waals surface area contributed by atoms with Crippen LogP contribution in [0, 0.1) is 0 Å². The summed E-state index contributed by atoms with van der Waals surface area (Å²) in [5.74, 6) is 0.420. The number of nitrogens with one attached hydrogen (secondary N) is 2. The lowest BCUT2D eigenvalue weighted by Gasteiger charge is -2.14. The Morgan fingerprint density at radius 1 is 1.00 bits per heavy atom. The molecule has 0 saturated heterocycles. The fraction of sp³-hybridized carbons (Fsp3) is 0.192. The summed E-state index contributed by atoms with van der Waals surface area (Å²) < 4.78 is 13.4. The molecule has 0 spiro atoms. The number of rotatable bonds is 11. The molecule has 2 N–H and O–H groups in total. The van der Waals surface area contributed by atoms with Gasteiger partial charge in [0.25, 0.3) is 0 Å². The maximum atomic E-state index is 12.1. The third-order valence-electron chi connectivity index (χ3n) is 4.76. The summed E-state index contributed by atoms with van der Waals surface area (Å²) in [6.45, 7) is 2.71. The Morgan fingerprint density at radius 2 is 1.72 bits per heavy atom. The van der Waals surface area contributed by atoms with Crippen molar-refractivity contribution >= 4 is 67.2 Å². The zero-order chi connectivity index (χ0) is 25.9. The summed E-state index contributed by atoms with van der Waals surface area (Å²) in [6, 6.07) is 18.3. The highest BCUT2D eigenvalue weighted by Gasteiger charge is 2.13. The maximum absolute atomic E-state index is 12.1. The van der Waals surface area contributed by atoms with E-state index in [2.05, 4.69) is 47.7 Å². The number of benzene rings is 3. The van der Waals surface area contributed by atoms with E-state index in [-0.39, 0.29) is 24.7 Å². The minimum atomic E-state index is -0.390. The van der Waals surface area contributed by atoms with Gasteiger partial charge in [-0.25, -0.2) is 5.43 Å². The number of carbonyl (C=O) groups is 2. The highest BCUT2D eigenvalue weighted by molar-refractivity contribution is 9.10. The molecule has 0 heterocycles. The Morgan fingerprint density at radius 3 is 2.44 bits per heavy atom. The van der Waals surface area contributed by atoms with Gasteiger partial charge in [-0.1, -0.05) is 51.8 Å². The highest BCUT2D eigenvalue weighted by Crippen LogP contribution is 2.37. The van der Waals surface area contributed by atoms with Crippen molar-refractivity contribution in [3.05, 3.63) is 85.8 Å². The van der Waals surface area contributed by atoms with Crippen LogP contribution in [0.5, 0.6) is 11.5 Å². The van der Waals surface area contributed by atoms with Gasteiger partial charge in [-0.05, 0) is 70.4 Å². The first-order chi connectivity index (χ1) is 17.4. The van der Waals surface area contributed by atoms with E-state index >= 15 is 0 Å². The van der Waals surface area contributed by atoms with E-state index < -0.39 is 0 Å². The summed E-state index contributed by atoms with van der Waals surface area (Å²) in [5, 5.41) is 7.10. The topological polar surface area (TPSA) is 89.0 Å². The predicted octanol–water partition coefficient (Wildman–Crippen LogP) is 6.71. The average Bonchev–Trinajstić information content (AvgIpc) is 2.85. The Balaban J connectivity index is 1.54. The molecule has 7 nitrogen and oxygen atoms in total. The van der Waals surface area contributed by atoms with Crippen LogP contribution in [0.3, 0.4) is 0 Å². The number of hydrogen-bond donors (Lipinski definition) is 2. The summed E-state index contributed by atoms with van der Waals surface area (Å²) in [7, 11) is 0. The minimum absolute atomic E-state index is 0.00296. The van der Waals surface area contributed by atoms with Crippen molar-refractivity contribution in [3.63, 3.8) is 0 Å². The standard InChI is InChI=1S/C26H24Br2ClN3O4/c1-2-35-23-14-18(13-20(28)26(23)36-16-17-7-9-19(27)10-8-17)15-30-32-25(34)12-11-24(33)31-22-6-4-3-5-21(22)29/h3-10,13-15H,2,11-12,16H2,1H3,(H,31,33)(H,32,34). The van der Waals surface area contributed by atoms with Crippen LogP contribution in [-0.4, -0.2) is 24.6 Å². The molecule has 0 atom stereocenters. The molecule has 3 rings (SSSR count). The molecule has 0 aromatic heterocycles. The molecule has 3 aromatic rings. The van der Waals surface area contributed by atoms with E-state index in [0.29, 0.717) is 45.5 Å². The summed E-state index contributed by atoms with van der Waals surface area (Å²) in [4.78, 5) is 24.2. The molecule has 3 aromatic carbocycles. The normalized spacial score (nSPS) is 10.8. The fourth-order valence-electron chi connectivity index (χ4n) is 3.04. The van der Waals surface area contributed by atoms with Gasteiger partial charge in [-0.15, -0.1) is 0 Å². The quantitative estimate of drug-likeness (QED) is 0.181. The predicted molar refractivity (Wildman–Crippen MR) is 149 cm³/mol. The van der Waals surface area contributed by atoms with Gasteiger partial charge in [-0.3, -0.25) is 9.59 Å². The first-order valence-corrected chi connectivity index (χ1v) is 13.0. The van der Waals surface area contributed by atoms with Crippen molar-refractivity contribution in [2.45, 2.75) is 26.4 Å². The van der Waals surface area contributed by atoms with Gasteiger partial charge in [0.1, 0.15) is 6.61 Å². The van der Waals surface area contributed by atoms with Crippen molar-refractivity contribution in [1.29, 1.82) is 0 Å². The second kappa shape index (κ2) is 14.0. The van der Waals surface area contributed by atoms with E-state index in [1.54, 1.807) is 30.3 Å². The molecule has 10 heteroatoms. The Labute approximate surface area is 231 Å². The number of amides is 2. The van der Waals surface area contributed by atoms with E-state index in [9.17, 15) is 9.59 Å². The number of hydrazone groups is 1. The fourth-order valence-corrected chi connectivity index (χ4v) is 4.06. The van der Waals surface area contributed by atoms with Crippen LogP contribution < -0.4 is 20.2 Å². The van der Waals surface area contributed by atoms with Crippen LogP contribution in [0.15, 0.2) is 74.7 Å². The second-order valence-corrected chi connectivity index (χ2v) is 9.68.